The number of amides is 2. The first-order chi connectivity index (χ1) is 12.1. The van der Waals surface area contributed by atoms with Crippen LogP contribution in [0.1, 0.15) is 48.9 Å². The number of aryl methyl sites for hydroxylation is 1. The summed E-state index contributed by atoms with van der Waals surface area (Å²) in [7, 11) is 0. The number of fused-ring (bicyclic) bond motifs is 1. The van der Waals surface area contributed by atoms with Crippen LogP contribution in [0.4, 0.5) is 5.13 Å². The third-order valence-electron chi connectivity index (χ3n) is 4.02. The lowest BCUT2D eigenvalue weighted by Gasteiger charge is -2.32. The lowest BCUT2D eigenvalue weighted by atomic mass is 9.93. The second kappa shape index (κ2) is 7.57. The normalized spacial score (nSPS) is 15.8. The first-order valence-electron chi connectivity index (χ1n) is 8.26. The molecule has 0 radical (unpaired) electrons. The van der Waals surface area contributed by atoms with Gasteiger partial charge in [-0.3, -0.25) is 9.59 Å². The molecule has 130 valence electrons. The Hall–Kier alpha value is -2.54. The minimum absolute atomic E-state index is 0.0929. The number of carbonyl (C=O) groups excluding carboxylic acids is 2. The Morgan fingerprint density at radius 3 is 2.84 bits per heavy atom. The molecular weight excluding hydrogens is 336 g/mol. The van der Waals surface area contributed by atoms with Crippen LogP contribution in [0, 0.1) is 0 Å². The minimum atomic E-state index is -0.318. The smallest absolute Gasteiger partial charge is 0.228 e. The summed E-state index contributed by atoms with van der Waals surface area (Å²) in [6.45, 7) is 3.58. The summed E-state index contributed by atoms with van der Waals surface area (Å²) in [5.74, 6) is -0.273. The van der Waals surface area contributed by atoms with E-state index in [9.17, 15) is 9.59 Å². The summed E-state index contributed by atoms with van der Waals surface area (Å²) < 4.78 is 0. The van der Waals surface area contributed by atoms with Crippen molar-refractivity contribution in [3.05, 3.63) is 46.6 Å². The summed E-state index contributed by atoms with van der Waals surface area (Å²) in [5, 5.41) is 12.3. The Bertz CT molecular complexity index is 815. The van der Waals surface area contributed by atoms with Crippen LogP contribution in [0.5, 0.6) is 0 Å². The predicted octanol–water partition coefficient (Wildman–Crippen LogP) is 3.39. The second-order valence-electron chi connectivity index (χ2n) is 5.89. The number of rotatable bonds is 5. The van der Waals surface area contributed by atoms with Gasteiger partial charge in [-0.1, -0.05) is 42.5 Å². The fourth-order valence-electron chi connectivity index (χ4n) is 2.88. The molecule has 0 aliphatic carbocycles. The summed E-state index contributed by atoms with van der Waals surface area (Å²) >= 11 is 1.39. The van der Waals surface area contributed by atoms with Gasteiger partial charge < -0.3 is 10.2 Å². The molecule has 1 aliphatic heterocycles. The van der Waals surface area contributed by atoms with Crippen LogP contribution in [0.3, 0.4) is 0 Å². The highest BCUT2D eigenvalue weighted by Crippen LogP contribution is 2.33. The van der Waals surface area contributed by atoms with Gasteiger partial charge in [0.1, 0.15) is 5.01 Å². The maximum Gasteiger partial charge on any atom is 0.228 e. The number of benzene rings is 1. The molecule has 7 heteroatoms. The van der Waals surface area contributed by atoms with Crippen molar-refractivity contribution >= 4 is 34.4 Å². The Balaban J connectivity index is 1.75. The van der Waals surface area contributed by atoms with Gasteiger partial charge in [0.15, 0.2) is 0 Å². The summed E-state index contributed by atoms with van der Waals surface area (Å²) in [5.41, 5.74) is 2.00. The van der Waals surface area contributed by atoms with E-state index in [1.807, 2.05) is 30.3 Å². The van der Waals surface area contributed by atoms with Crippen molar-refractivity contribution in [2.75, 3.05) is 5.32 Å². The van der Waals surface area contributed by atoms with E-state index in [2.05, 4.69) is 22.4 Å². The molecule has 1 aromatic carbocycles. The highest BCUT2D eigenvalue weighted by Gasteiger charge is 2.28. The Morgan fingerprint density at radius 2 is 2.08 bits per heavy atom. The van der Waals surface area contributed by atoms with Crippen molar-refractivity contribution in [2.24, 2.45) is 0 Å². The number of nitrogens with one attached hydrogen (secondary N) is 1. The van der Waals surface area contributed by atoms with Gasteiger partial charge in [-0.25, -0.2) is 0 Å². The van der Waals surface area contributed by atoms with Gasteiger partial charge in [-0.2, -0.15) is 0 Å². The van der Waals surface area contributed by atoms with E-state index in [1.54, 1.807) is 11.1 Å². The standard InChI is InChI=1S/C18H20N4O2S/c1-3-6-17-20-21-18(25-17)19-16(24)11-15-14-8-5-4-7-13(14)9-10-22(15)12(2)23/h4-5,7-10,15H,3,6,11H2,1-2H3,(H,19,21,24). The molecule has 3 rings (SSSR count). The molecule has 1 aromatic heterocycles. The zero-order valence-corrected chi connectivity index (χ0v) is 15.0. The molecule has 2 aromatic rings. The number of aromatic nitrogens is 2. The fourth-order valence-corrected chi connectivity index (χ4v) is 3.74. The van der Waals surface area contributed by atoms with Gasteiger partial charge in [-0.05, 0) is 23.6 Å². The molecule has 0 bridgehead atoms. The van der Waals surface area contributed by atoms with Crippen LogP contribution in [0.25, 0.3) is 6.08 Å². The topological polar surface area (TPSA) is 75.2 Å². The zero-order valence-electron chi connectivity index (χ0n) is 14.2. The number of hydrogen-bond donors (Lipinski definition) is 1. The van der Waals surface area contributed by atoms with Crippen LogP contribution in [-0.2, 0) is 16.0 Å². The van der Waals surface area contributed by atoms with Gasteiger partial charge >= 0.3 is 0 Å². The monoisotopic (exact) mass is 356 g/mol. The van der Waals surface area contributed by atoms with E-state index in [0.717, 1.165) is 29.0 Å². The van der Waals surface area contributed by atoms with Crippen LogP contribution in [0.15, 0.2) is 30.5 Å². The molecule has 0 spiro atoms. The van der Waals surface area contributed by atoms with Crippen LogP contribution >= 0.6 is 11.3 Å². The Kier molecular flexibility index (Phi) is 5.23. The second-order valence-corrected chi connectivity index (χ2v) is 6.95. The number of carbonyl (C=O) groups is 2. The van der Waals surface area contributed by atoms with Crippen molar-refractivity contribution in [3.8, 4) is 0 Å². The number of hydrogen-bond acceptors (Lipinski definition) is 5. The van der Waals surface area contributed by atoms with Gasteiger partial charge in [0.2, 0.25) is 16.9 Å². The zero-order chi connectivity index (χ0) is 17.8. The molecular formula is C18H20N4O2S. The van der Waals surface area contributed by atoms with Gasteiger partial charge in [0.05, 0.1) is 12.5 Å². The molecule has 1 unspecified atom stereocenters. The molecule has 6 nitrogen and oxygen atoms in total. The third-order valence-corrected chi connectivity index (χ3v) is 4.92. The Labute approximate surface area is 150 Å². The summed E-state index contributed by atoms with van der Waals surface area (Å²) in [6.07, 6.45) is 5.65. The molecule has 0 fully saturated rings. The SMILES string of the molecule is CCCc1nnc(NC(=O)CC2c3ccccc3C=CN2C(C)=O)s1. The maximum atomic E-state index is 12.5. The first kappa shape index (κ1) is 17.3. The fraction of sp³-hybridized carbons (Fsp3) is 0.333. The Morgan fingerprint density at radius 1 is 1.28 bits per heavy atom. The van der Waals surface area contributed by atoms with E-state index in [0.29, 0.717) is 5.13 Å². The van der Waals surface area contributed by atoms with Crippen LogP contribution in [0.2, 0.25) is 0 Å². The van der Waals surface area contributed by atoms with E-state index in [4.69, 9.17) is 0 Å². The summed E-state index contributed by atoms with van der Waals surface area (Å²) in [6, 6.07) is 7.48. The number of nitrogens with zero attached hydrogens (tertiary/aromatic N) is 3. The minimum Gasteiger partial charge on any atom is -0.311 e. The molecule has 1 atom stereocenters. The average Bonchev–Trinajstić information content (AvgIpc) is 3.02. The largest absolute Gasteiger partial charge is 0.311 e. The molecule has 1 aliphatic rings. The maximum absolute atomic E-state index is 12.5. The first-order valence-corrected chi connectivity index (χ1v) is 9.08. The van der Waals surface area contributed by atoms with Crippen molar-refractivity contribution in [3.63, 3.8) is 0 Å². The van der Waals surface area contributed by atoms with E-state index in [1.165, 1.54) is 18.3 Å². The predicted molar refractivity (Wildman–Crippen MR) is 97.9 cm³/mol. The third kappa shape index (κ3) is 3.93. The molecule has 2 amide bonds. The summed E-state index contributed by atoms with van der Waals surface area (Å²) in [4.78, 5) is 26.0. The van der Waals surface area contributed by atoms with Crippen LogP contribution in [-0.4, -0.2) is 26.9 Å². The molecule has 2 heterocycles. The van der Waals surface area contributed by atoms with E-state index >= 15 is 0 Å². The van der Waals surface area contributed by atoms with Gasteiger partial charge in [-0.15, -0.1) is 10.2 Å². The molecule has 1 N–H and O–H groups in total. The van der Waals surface area contributed by atoms with Crippen molar-refractivity contribution < 1.29 is 9.59 Å². The quantitative estimate of drug-likeness (QED) is 0.891. The van der Waals surface area contributed by atoms with Gasteiger partial charge in [0.25, 0.3) is 0 Å². The molecule has 25 heavy (non-hydrogen) atoms. The van der Waals surface area contributed by atoms with Crippen molar-refractivity contribution in [1.29, 1.82) is 0 Å². The van der Waals surface area contributed by atoms with Crippen molar-refractivity contribution in [2.45, 2.75) is 39.2 Å². The van der Waals surface area contributed by atoms with Crippen LogP contribution < -0.4 is 5.32 Å². The lowest BCUT2D eigenvalue weighted by molar-refractivity contribution is -0.129. The average molecular weight is 356 g/mol. The highest BCUT2D eigenvalue weighted by molar-refractivity contribution is 7.15. The van der Waals surface area contributed by atoms with Crippen molar-refractivity contribution in [1.82, 2.24) is 15.1 Å². The highest BCUT2D eigenvalue weighted by atomic mass is 32.1. The molecule has 0 saturated carbocycles. The van der Waals surface area contributed by atoms with E-state index < -0.39 is 0 Å². The molecule has 0 saturated heterocycles. The lowest BCUT2D eigenvalue weighted by Crippen LogP contribution is -2.33. The number of anilines is 1. The van der Waals surface area contributed by atoms with Gasteiger partial charge in [0, 0.05) is 19.5 Å². The van der Waals surface area contributed by atoms with E-state index in [-0.39, 0.29) is 24.3 Å².